The van der Waals surface area contributed by atoms with Crippen LogP contribution in [0, 0.1) is 5.41 Å². The molecule has 0 atom stereocenters. The van der Waals surface area contributed by atoms with Gasteiger partial charge in [0.05, 0.1) is 31.8 Å². The zero-order chi connectivity index (χ0) is 11.7. The van der Waals surface area contributed by atoms with Crippen molar-refractivity contribution in [3.05, 3.63) is 23.8 Å². The molecule has 2 aliphatic rings. The Morgan fingerprint density at radius 2 is 2.24 bits per heavy atom. The molecule has 2 heterocycles. The summed E-state index contributed by atoms with van der Waals surface area (Å²) >= 11 is 0. The molecule has 1 fully saturated rings. The molecule has 1 aromatic carbocycles. The summed E-state index contributed by atoms with van der Waals surface area (Å²) in [5.74, 6) is 0.999. The Hall–Kier alpha value is -1.26. The van der Waals surface area contributed by atoms with E-state index in [9.17, 15) is 5.11 Å². The van der Waals surface area contributed by atoms with Gasteiger partial charge in [-0.1, -0.05) is 0 Å². The summed E-state index contributed by atoms with van der Waals surface area (Å²) < 4.78 is 10.6. The van der Waals surface area contributed by atoms with Gasteiger partial charge in [0, 0.05) is 18.7 Å². The molecule has 0 aromatic heterocycles. The highest BCUT2D eigenvalue weighted by Gasteiger charge is 2.37. The third kappa shape index (κ3) is 1.98. The van der Waals surface area contributed by atoms with Gasteiger partial charge < -0.3 is 19.9 Å². The van der Waals surface area contributed by atoms with Crippen molar-refractivity contribution in [2.45, 2.75) is 6.42 Å². The van der Waals surface area contributed by atoms with Crippen LogP contribution >= 0.6 is 0 Å². The highest BCUT2D eigenvalue weighted by atomic mass is 16.5. The summed E-state index contributed by atoms with van der Waals surface area (Å²) in [6.07, 6.45) is 0.985. The molecular formula is C13H17NO3. The molecule has 17 heavy (non-hydrogen) atoms. The van der Waals surface area contributed by atoms with Crippen LogP contribution in [0.1, 0.15) is 5.56 Å². The zero-order valence-corrected chi connectivity index (χ0v) is 9.74. The maximum atomic E-state index is 9.33. The third-order valence-electron chi connectivity index (χ3n) is 3.51. The number of fused-ring (bicyclic) bond motifs is 1. The van der Waals surface area contributed by atoms with Crippen molar-refractivity contribution in [1.29, 1.82) is 0 Å². The van der Waals surface area contributed by atoms with E-state index in [-0.39, 0.29) is 12.0 Å². The SMILES string of the molecule is OCC1(CNc2ccc3c(c2)CCO3)COC1. The summed E-state index contributed by atoms with van der Waals surface area (Å²) in [5.41, 5.74) is 2.27. The summed E-state index contributed by atoms with van der Waals surface area (Å²) in [6.45, 7) is 3.00. The van der Waals surface area contributed by atoms with Crippen LogP contribution in [0.2, 0.25) is 0 Å². The fourth-order valence-electron chi connectivity index (χ4n) is 2.23. The van der Waals surface area contributed by atoms with Crippen molar-refractivity contribution in [2.75, 3.05) is 38.3 Å². The molecule has 0 unspecified atom stereocenters. The first-order chi connectivity index (χ1) is 8.31. The first-order valence-corrected chi connectivity index (χ1v) is 6.00. The number of hydrogen-bond donors (Lipinski definition) is 2. The second kappa shape index (κ2) is 4.20. The first kappa shape index (κ1) is 10.9. The van der Waals surface area contributed by atoms with Crippen molar-refractivity contribution in [1.82, 2.24) is 0 Å². The minimum absolute atomic E-state index is 0.0878. The number of hydrogen-bond acceptors (Lipinski definition) is 4. The minimum Gasteiger partial charge on any atom is -0.493 e. The second-order valence-corrected chi connectivity index (χ2v) is 4.93. The molecule has 92 valence electrons. The molecule has 4 nitrogen and oxygen atoms in total. The maximum absolute atomic E-state index is 9.33. The summed E-state index contributed by atoms with van der Waals surface area (Å²) in [7, 11) is 0. The number of benzene rings is 1. The first-order valence-electron chi connectivity index (χ1n) is 6.00. The van der Waals surface area contributed by atoms with Crippen LogP contribution in [0.5, 0.6) is 5.75 Å². The quantitative estimate of drug-likeness (QED) is 0.819. The van der Waals surface area contributed by atoms with Crippen LogP contribution in [0.15, 0.2) is 18.2 Å². The van der Waals surface area contributed by atoms with Gasteiger partial charge in [-0.25, -0.2) is 0 Å². The summed E-state index contributed by atoms with van der Waals surface area (Å²) in [6, 6.07) is 6.16. The Morgan fingerprint density at radius 1 is 1.35 bits per heavy atom. The van der Waals surface area contributed by atoms with Gasteiger partial charge >= 0.3 is 0 Å². The summed E-state index contributed by atoms with van der Waals surface area (Å²) in [5, 5.41) is 12.7. The third-order valence-corrected chi connectivity index (χ3v) is 3.51. The molecule has 0 spiro atoms. The monoisotopic (exact) mass is 235 g/mol. The van der Waals surface area contributed by atoms with Gasteiger partial charge in [0.15, 0.2) is 0 Å². The van der Waals surface area contributed by atoms with Crippen LogP contribution in [-0.2, 0) is 11.2 Å². The number of rotatable bonds is 4. The molecule has 0 amide bonds. The van der Waals surface area contributed by atoms with Crippen molar-refractivity contribution in [2.24, 2.45) is 5.41 Å². The molecule has 1 aromatic rings. The molecule has 3 rings (SSSR count). The number of aliphatic hydroxyl groups is 1. The van der Waals surface area contributed by atoms with Gasteiger partial charge in [0.2, 0.25) is 0 Å². The van der Waals surface area contributed by atoms with Crippen LogP contribution in [0.3, 0.4) is 0 Å². The molecule has 0 bridgehead atoms. The Kier molecular flexibility index (Phi) is 2.68. The van der Waals surface area contributed by atoms with Gasteiger partial charge in [0.25, 0.3) is 0 Å². The average Bonchev–Trinajstić information content (AvgIpc) is 2.75. The molecule has 0 saturated carbocycles. The Labute approximate surface area is 101 Å². The van der Waals surface area contributed by atoms with Crippen molar-refractivity contribution < 1.29 is 14.6 Å². The number of aliphatic hydroxyl groups excluding tert-OH is 1. The van der Waals surface area contributed by atoms with E-state index in [1.54, 1.807) is 0 Å². The van der Waals surface area contributed by atoms with Gasteiger partial charge in [-0.3, -0.25) is 0 Å². The number of anilines is 1. The van der Waals surface area contributed by atoms with E-state index in [0.717, 1.165) is 31.0 Å². The van der Waals surface area contributed by atoms with E-state index in [4.69, 9.17) is 9.47 Å². The van der Waals surface area contributed by atoms with E-state index in [1.165, 1.54) is 5.56 Å². The molecule has 4 heteroatoms. The molecule has 2 aliphatic heterocycles. The Morgan fingerprint density at radius 3 is 2.94 bits per heavy atom. The second-order valence-electron chi connectivity index (χ2n) is 4.93. The Bertz CT molecular complexity index is 410. The lowest BCUT2D eigenvalue weighted by molar-refractivity contribution is -0.128. The highest BCUT2D eigenvalue weighted by molar-refractivity contribution is 5.52. The van der Waals surface area contributed by atoms with E-state index in [1.807, 2.05) is 12.1 Å². The van der Waals surface area contributed by atoms with Gasteiger partial charge in [0.1, 0.15) is 5.75 Å². The predicted octanol–water partition coefficient (Wildman–Crippen LogP) is 1.04. The smallest absolute Gasteiger partial charge is 0.122 e. The molecule has 1 saturated heterocycles. The number of nitrogens with one attached hydrogen (secondary N) is 1. The molecule has 0 radical (unpaired) electrons. The Balaban J connectivity index is 1.65. The van der Waals surface area contributed by atoms with E-state index >= 15 is 0 Å². The molecule has 2 N–H and O–H groups in total. The lowest BCUT2D eigenvalue weighted by Gasteiger charge is -2.40. The maximum Gasteiger partial charge on any atom is 0.122 e. The van der Waals surface area contributed by atoms with Gasteiger partial charge in [-0.05, 0) is 23.8 Å². The van der Waals surface area contributed by atoms with E-state index in [2.05, 4.69) is 11.4 Å². The van der Waals surface area contributed by atoms with Crippen molar-refractivity contribution in [3.8, 4) is 5.75 Å². The van der Waals surface area contributed by atoms with Crippen molar-refractivity contribution in [3.63, 3.8) is 0 Å². The fraction of sp³-hybridized carbons (Fsp3) is 0.538. The van der Waals surface area contributed by atoms with Crippen LogP contribution in [0.25, 0.3) is 0 Å². The minimum atomic E-state index is -0.0878. The molecule has 0 aliphatic carbocycles. The van der Waals surface area contributed by atoms with E-state index in [0.29, 0.717) is 13.2 Å². The average molecular weight is 235 g/mol. The lowest BCUT2D eigenvalue weighted by Crippen LogP contribution is -2.50. The van der Waals surface area contributed by atoms with Crippen LogP contribution in [0.4, 0.5) is 5.69 Å². The zero-order valence-electron chi connectivity index (χ0n) is 9.74. The summed E-state index contributed by atoms with van der Waals surface area (Å²) in [4.78, 5) is 0. The standard InChI is InChI=1S/C13H17NO3/c15-7-13(8-16-9-13)6-14-11-1-2-12-10(5-11)3-4-17-12/h1-2,5,14-15H,3-4,6-9H2. The predicted molar refractivity (Wildman–Crippen MR) is 64.5 cm³/mol. The molecular weight excluding hydrogens is 218 g/mol. The topological polar surface area (TPSA) is 50.7 Å². The number of ether oxygens (including phenoxy) is 2. The van der Waals surface area contributed by atoms with Gasteiger partial charge in [-0.15, -0.1) is 0 Å². The largest absolute Gasteiger partial charge is 0.493 e. The fourth-order valence-corrected chi connectivity index (χ4v) is 2.23. The highest BCUT2D eigenvalue weighted by Crippen LogP contribution is 2.30. The normalized spacial score (nSPS) is 20.3. The lowest BCUT2D eigenvalue weighted by atomic mass is 9.87. The van der Waals surface area contributed by atoms with E-state index < -0.39 is 0 Å². The van der Waals surface area contributed by atoms with Crippen LogP contribution in [-0.4, -0.2) is 38.1 Å². The van der Waals surface area contributed by atoms with Crippen molar-refractivity contribution >= 4 is 5.69 Å². The van der Waals surface area contributed by atoms with Crippen LogP contribution < -0.4 is 10.1 Å². The van der Waals surface area contributed by atoms with Gasteiger partial charge in [-0.2, -0.15) is 0 Å².